The van der Waals surface area contributed by atoms with Gasteiger partial charge in [-0.1, -0.05) is 0 Å². The molecule has 0 aromatic rings. The van der Waals surface area contributed by atoms with Crippen LogP contribution in [-0.4, -0.2) is 29.2 Å². The van der Waals surface area contributed by atoms with Gasteiger partial charge < -0.3 is 5.11 Å². The molecule has 13 heavy (non-hydrogen) atoms. The fourth-order valence-corrected chi connectivity index (χ4v) is 1.51. The summed E-state index contributed by atoms with van der Waals surface area (Å²) in [5.41, 5.74) is -0.970. The minimum Gasteiger partial charge on any atom is -0.481 e. The van der Waals surface area contributed by atoms with Gasteiger partial charge in [-0.25, -0.2) is 0 Å². The van der Waals surface area contributed by atoms with Crippen LogP contribution in [0.5, 0.6) is 0 Å². The predicted octanol–water partition coefficient (Wildman–Crippen LogP) is 0.468. The van der Waals surface area contributed by atoms with Gasteiger partial charge in [0.25, 0.3) is 0 Å². The second-order valence-corrected chi connectivity index (χ2v) is 3.19. The molecule has 0 spiro atoms. The molecule has 0 amide bonds. The molecule has 1 saturated heterocycles. The van der Waals surface area contributed by atoms with E-state index in [-0.39, 0.29) is 13.0 Å². The summed E-state index contributed by atoms with van der Waals surface area (Å²) >= 11 is 0. The third-order valence-corrected chi connectivity index (χ3v) is 2.34. The topological polar surface area (TPSA) is 70.0 Å². The van der Waals surface area contributed by atoms with Crippen LogP contribution in [0.3, 0.4) is 0 Å². The van der Waals surface area contributed by atoms with Crippen molar-refractivity contribution in [2.45, 2.75) is 12.8 Å². The summed E-state index contributed by atoms with van der Waals surface area (Å²) in [7, 11) is 0. The number of nitrogens with zero attached hydrogens (tertiary/aromatic N) is 2. The van der Waals surface area contributed by atoms with Gasteiger partial charge >= 0.3 is 5.97 Å². The number of rotatable bonds is 3. The van der Waals surface area contributed by atoms with Gasteiger partial charge in [-0.3, -0.25) is 9.80 Å². The zero-order chi connectivity index (χ0) is 9.90. The van der Waals surface area contributed by atoms with Crippen molar-refractivity contribution < 1.29 is 9.90 Å². The molecule has 1 atom stereocenters. The highest BCUT2D eigenvalue weighted by Crippen LogP contribution is 2.33. The number of carboxylic acids is 1. The molecule has 1 unspecified atom stereocenters. The lowest BCUT2D eigenvalue weighted by atomic mass is 9.84. The lowest BCUT2D eigenvalue weighted by Crippen LogP contribution is -2.33. The van der Waals surface area contributed by atoms with Crippen molar-refractivity contribution in [3.05, 3.63) is 4.91 Å². The molecular formula is C8H10N2O3. The van der Waals surface area contributed by atoms with Crippen molar-refractivity contribution >= 4 is 5.97 Å². The molecule has 0 radical (unpaired) electrons. The minimum absolute atomic E-state index is 0.121. The van der Waals surface area contributed by atoms with E-state index < -0.39 is 11.4 Å². The highest BCUT2D eigenvalue weighted by Gasteiger charge is 2.44. The second-order valence-electron chi connectivity index (χ2n) is 3.19. The molecule has 1 heterocycles. The summed E-state index contributed by atoms with van der Waals surface area (Å²) in [5.74, 6) is 1.38. The number of nitroso groups, excluding NO2 is 1. The van der Waals surface area contributed by atoms with Crippen LogP contribution in [-0.2, 0) is 4.79 Å². The highest BCUT2D eigenvalue weighted by molar-refractivity contribution is 5.75. The first-order valence-corrected chi connectivity index (χ1v) is 3.90. The van der Waals surface area contributed by atoms with E-state index in [9.17, 15) is 9.70 Å². The van der Waals surface area contributed by atoms with Gasteiger partial charge in [-0.05, 0) is 6.42 Å². The lowest BCUT2D eigenvalue weighted by Gasteiger charge is -2.19. The summed E-state index contributed by atoms with van der Waals surface area (Å²) in [6.45, 7) is 0.494. The first-order valence-electron chi connectivity index (χ1n) is 3.90. The number of hydrogen-bond donors (Lipinski definition) is 1. The molecule has 70 valence electrons. The molecule has 0 aromatic heterocycles. The Hall–Kier alpha value is -1.57. The fourth-order valence-electron chi connectivity index (χ4n) is 1.51. The first-order chi connectivity index (χ1) is 6.14. The number of aliphatic carboxylic acids is 1. The number of carbonyl (C=O) groups is 1. The van der Waals surface area contributed by atoms with Crippen LogP contribution in [0.1, 0.15) is 12.8 Å². The summed E-state index contributed by atoms with van der Waals surface area (Å²) in [5, 5.41) is 12.8. The Morgan fingerprint density at radius 2 is 2.46 bits per heavy atom. The van der Waals surface area contributed by atoms with Crippen molar-refractivity contribution in [1.29, 1.82) is 0 Å². The Morgan fingerprint density at radius 1 is 1.77 bits per heavy atom. The minimum atomic E-state index is -0.970. The molecule has 0 bridgehead atoms. The van der Waals surface area contributed by atoms with Crippen molar-refractivity contribution in [2.75, 3.05) is 13.1 Å². The quantitative estimate of drug-likeness (QED) is 0.508. The molecule has 1 aliphatic heterocycles. The van der Waals surface area contributed by atoms with E-state index in [1.165, 1.54) is 5.01 Å². The van der Waals surface area contributed by atoms with Gasteiger partial charge in [0.05, 0.1) is 17.2 Å². The van der Waals surface area contributed by atoms with Crippen molar-refractivity contribution in [2.24, 2.45) is 10.7 Å². The third-order valence-electron chi connectivity index (χ3n) is 2.34. The van der Waals surface area contributed by atoms with E-state index >= 15 is 0 Å². The Morgan fingerprint density at radius 3 is 2.85 bits per heavy atom. The fraction of sp³-hybridized carbons (Fsp3) is 0.625. The van der Waals surface area contributed by atoms with Gasteiger partial charge in [0.15, 0.2) is 0 Å². The zero-order valence-corrected chi connectivity index (χ0v) is 7.06. The largest absolute Gasteiger partial charge is 0.481 e. The van der Waals surface area contributed by atoms with Crippen molar-refractivity contribution in [3.63, 3.8) is 0 Å². The normalized spacial score (nSPS) is 26.8. The summed E-state index contributed by atoms with van der Waals surface area (Å²) in [4.78, 5) is 21.1. The summed E-state index contributed by atoms with van der Waals surface area (Å²) in [6, 6.07) is 0. The molecule has 1 rings (SSSR count). The number of carboxylic acid groups (broad SMARTS) is 1. The van der Waals surface area contributed by atoms with Crippen LogP contribution in [0.15, 0.2) is 5.29 Å². The number of hydrogen-bond acceptors (Lipinski definition) is 3. The van der Waals surface area contributed by atoms with E-state index in [0.29, 0.717) is 13.0 Å². The summed E-state index contributed by atoms with van der Waals surface area (Å²) in [6.07, 6.45) is 5.61. The molecular weight excluding hydrogens is 172 g/mol. The average Bonchev–Trinajstić information content (AvgIpc) is 2.50. The Labute approximate surface area is 75.7 Å². The molecule has 0 aliphatic carbocycles. The van der Waals surface area contributed by atoms with E-state index in [1.54, 1.807) is 0 Å². The van der Waals surface area contributed by atoms with Crippen LogP contribution in [0.4, 0.5) is 0 Å². The van der Waals surface area contributed by atoms with Gasteiger partial charge in [0, 0.05) is 13.0 Å². The molecule has 1 N–H and O–H groups in total. The molecule has 0 saturated carbocycles. The van der Waals surface area contributed by atoms with Gasteiger partial charge in [0.1, 0.15) is 0 Å². The van der Waals surface area contributed by atoms with Crippen molar-refractivity contribution in [1.82, 2.24) is 5.01 Å². The van der Waals surface area contributed by atoms with Gasteiger partial charge in [0.2, 0.25) is 0 Å². The van der Waals surface area contributed by atoms with Gasteiger partial charge in [-0.2, -0.15) is 0 Å². The highest BCUT2D eigenvalue weighted by atomic mass is 16.4. The van der Waals surface area contributed by atoms with Crippen LogP contribution in [0, 0.1) is 22.7 Å². The second kappa shape index (κ2) is 3.44. The maximum atomic E-state index is 10.9. The van der Waals surface area contributed by atoms with Crippen LogP contribution >= 0.6 is 0 Å². The van der Waals surface area contributed by atoms with E-state index in [0.717, 1.165) is 0 Å². The standard InChI is InChI=1S/C8H10N2O3/c1-2-3-8(7(11)12)4-5-10(6-8)9-13/h1H,3-6H2,(H,11,12). The Bertz CT molecular complexity index is 271. The van der Waals surface area contributed by atoms with Gasteiger partial charge in [-0.15, -0.1) is 17.3 Å². The maximum absolute atomic E-state index is 10.9. The van der Waals surface area contributed by atoms with E-state index in [1.807, 2.05) is 0 Å². The maximum Gasteiger partial charge on any atom is 0.312 e. The molecule has 1 fully saturated rings. The Kier molecular flexibility index (Phi) is 2.52. The van der Waals surface area contributed by atoms with Crippen LogP contribution < -0.4 is 0 Å². The van der Waals surface area contributed by atoms with Crippen molar-refractivity contribution in [3.8, 4) is 12.3 Å². The smallest absolute Gasteiger partial charge is 0.312 e. The Balaban J connectivity index is 2.78. The third kappa shape index (κ3) is 1.61. The SMILES string of the molecule is C#CCC1(C(=O)O)CCN(N=O)C1. The monoisotopic (exact) mass is 182 g/mol. The predicted molar refractivity (Wildman–Crippen MR) is 45.5 cm³/mol. The summed E-state index contributed by atoms with van der Waals surface area (Å²) < 4.78 is 0. The molecule has 0 aromatic carbocycles. The lowest BCUT2D eigenvalue weighted by molar-refractivity contribution is -0.147. The van der Waals surface area contributed by atoms with E-state index in [2.05, 4.69) is 11.2 Å². The number of terminal acetylenes is 1. The van der Waals surface area contributed by atoms with E-state index in [4.69, 9.17) is 11.5 Å². The van der Waals surface area contributed by atoms with Crippen LogP contribution in [0.2, 0.25) is 0 Å². The first kappa shape index (κ1) is 9.52. The average molecular weight is 182 g/mol. The zero-order valence-electron chi connectivity index (χ0n) is 7.06. The van der Waals surface area contributed by atoms with Crippen LogP contribution in [0.25, 0.3) is 0 Å². The molecule has 5 heteroatoms. The molecule has 1 aliphatic rings. The molecule has 5 nitrogen and oxygen atoms in total.